The van der Waals surface area contributed by atoms with Crippen molar-refractivity contribution in [1.29, 1.82) is 0 Å². The second-order valence-electron chi connectivity index (χ2n) is 1.95. The Morgan fingerprint density at radius 3 is 2.55 bits per heavy atom. The highest BCUT2D eigenvalue weighted by Crippen LogP contribution is 2.12. The molecule has 0 fully saturated rings. The van der Waals surface area contributed by atoms with Crippen molar-refractivity contribution in [2.75, 3.05) is 0 Å². The second-order valence-corrected chi connectivity index (χ2v) is 1.95. The number of hydrogen-bond acceptors (Lipinski definition) is 2. The van der Waals surface area contributed by atoms with Gasteiger partial charge in [0.25, 0.3) is 6.01 Å². The van der Waals surface area contributed by atoms with Crippen LogP contribution < -0.4 is 4.65 Å². The van der Waals surface area contributed by atoms with Crippen molar-refractivity contribution in [3.63, 3.8) is 0 Å². The molecule has 0 amide bonds. The van der Waals surface area contributed by atoms with Crippen LogP contribution in [0.2, 0.25) is 0 Å². The highest BCUT2D eigenvalue weighted by molar-refractivity contribution is 5.99. The molecule has 0 spiro atoms. The Bertz CT molecular complexity index is 254. The smallest absolute Gasteiger partial charge is 0.326 e. The first-order valence-electron chi connectivity index (χ1n) is 3.20. The molecular formula is C7H9BN2O. The number of hydrogen-bond donors (Lipinski definition) is 1. The number of aromatic amines is 1. The van der Waals surface area contributed by atoms with Gasteiger partial charge in [0.2, 0.25) is 0 Å². The molecular weight excluding hydrogens is 139 g/mol. The number of aromatic nitrogens is 2. The van der Waals surface area contributed by atoms with Gasteiger partial charge in [-0.25, -0.2) is 0 Å². The average Bonchev–Trinajstić information content (AvgIpc) is 2.46. The summed E-state index contributed by atoms with van der Waals surface area (Å²) in [6.07, 6.45) is 3.32. The minimum Gasteiger partial charge on any atom is -0.543 e. The summed E-state index contributed by atoms with van der Waals surface area (Å²) in [5, 5.41) is 0. The summed E-state index contributed by atoms with van der Waals surface area (Å²) in [7, 11) is 1.55. The Morgan fingerprint density at radius 2 is 2.18 bits per heavy atom. The summed E-state index contributed by atoms with van der Waals surface area (Å²) in [4.78, 5) is 6.96. The maximum atomic E-state index is 4.88. The second kappa shape index (κ2) is 3.10. The van der Waals surface area contributed by atoms with Crippen LogP contribution >= 0.6 is 0 Å². The van der Waals surface area contributed by atoms with Gasteiger partial charge in [-0.2, -0.15) is 4.98 Å². The van der Waals surface area contributed by atoms with E-state index in [1.165, 1.54) is 0 Å². The van der Waals surface area contributed by atoms with Gasteiger partial charge in [-0.15, -0.1) is 0 Å². The summed E-state index contributed by atoms with van der Waals surface area (Å²) in [6, 6.07) is 0.481. The Kier molecular flexibility index (Phi) is 2.16. The maximum absolute atomic E-state index is 4.88. The normalized spacial score (nSPS) is 9.09. The lowest BCUT2D eigenvalue weighted by molar-refractivity contribution is 0.567. The van der Waals surface area contributed by atoms with E-state index in [1.807, 2.05) is 0 Å². The predicted octanol–water partition coefficient (Wildman–Crippen LogP) is 0.623. The van der Waals surface area contributed by atoms with E-state index >= 15 is 0 Å². The largest absolute Gasteiger partial charge is 0.543 e. The van der Waals surface area contributed by atoms with Crippen LogP contribution in [0, 0.1) is 0 Å². The minimum atomic E-state index is 0.481. The first kappa shape index (κ1) is 7.66. The first-order chi connectivity index (χ1) is 5.31. The molecule has 1 N–H and O–H groups in total. The van der Waals surface area contributed by atoms with Gasteiger partial charge in [-0.1, -0.05) is 13.2 Å². The lowest BCUT2D eigenvalue weighted by Gasteiger charge is -1.88. The van der Waals surface area contributed by atoms with Gasteiger partial charge in [0.05, 0.1) is 11.4 Å². The van der Waals surface area contributed by atoms with Gasteiger partial charge in [-0.3, -0.25) is 0 Å². The van der Waals surface area contributed by atoms with Crippen LogP contribution in [0.3, 0.4) is 0 Å². The summed E-state index contributed by atoms with van der Waals surface area (Å²) >= 11 is 0. The third-order valence-electron chi connectivity index (χ3n) is 1.33. The van der Waals surface area contributed by atoms with Crippen LogP contribution in [0.1, 0.15) is 11.4 Å². The van der Waals surface area contributed by atoms with Gasteiger partial charge in [0, 0.05) is 0 Å². The fourth-order valence-electron chi connectivity index (χ4n) is 0.785. The Hall–Kier alpha value is -1.45. The summed E-state index contributed by atoms with van der Waals surface area (Å²) in [5.41, 5.74) is 1.59. The van der Waals surface area contributed by atoms with Crippen LogP contribution in [0.15, 0.2) is 13.2 Å². The van der Waals surface area contributed by atoms with Crippen molar-refractivity contribution in [3.05, 3.63) is 24.5 Å². The SMILES string of the molecule is BOc1nc(C=C)c(C=C)[nH]1. The van der Waals surface area contributed by atoms with Crippen LogP contribution in [0.5, 0.6) is 6.01 Å². The predicted molar refractivity (Wildman–Crippen MR) is 47.9 cm³/mol. The third kappa shape index (κ3) is 1.34. The maximum Gasteiger partial charge on any atom is 0.326 e. The molecule has 4 heteroatoms. The van der Waals surface area contributed by atoms with Gasteiger partial charge in [-0.05, 0) is 12.2 Å². The fourth-order valence-corrected chi connectivity index (χ4v) is 0.785. The number of imidazole rings is 1. The topological polar surface area (TPSA) is 37.9 Å². The summed E-state index contributed by atoms with van der Waals surface area (Å²) in [6.45, 7) is 7.21. The van der Waals surface area contributed by atoms with Gasteiger partial charge >= 0.3 is 8.05 Å². The van der Waals surface area contributed by atoms with E-state index in [2.05, 4.69) is 23.1 Å². The zero-order chi connectivity index (χ0) is 8.27. The molecule has 0 saturated carbocycles. The molecule has 3 nitrogen and oxygen atoms in total. The molecule has 1 aromatic rings. The number of H-pyrrole nitrogens is 1. The zero-order valence-electron chi connectivity index (χ0n) is 6.42. The van der Waals surface area contributed by atoms with Gasteiger partial charge in [0.15, 0.2) is 0 Å². The molecule has 0 aliphatic rings. The van der Waals surface area contributed by atoms with Gasteiger partial charge in [0.1, 0.15) is 0 Å². The summed E-state index contributed by atoms with van der Waals surface area (Å²) in [5.74, 6) is 0. The molecule has 0 atom stereocenters. The lowest BCUT2D eigenvalue weighted by Crippen LogP contribution is -1.85. The average molecular weight is 148 g/mol. The number of nitrogens with one attached hydrogen (secondary N) is 1. The molecule has 0 aliphatic heterocycles. The van der Waals surface area contributed by atoms with Crippen molar-refractivity contribution < 1.29 is 4.65 Å². The molecule has 1 heterocycles. The molecule has 0 aliphatic carbocycles. The van der Waals surface area contributed by atoms with Crippen molar-refractivity contribution in [3.8, 4) is 6.01 Å². The molecule has 1 rings (SSSR count). The minimum absolute atomic E-state index is 0.481. The van der Waals surface area contributed by atoms with Crippen molar-refractivity contribution in [1.82, 2.24) is 9.97 Å². The molecule has 0 bridgehead atoms. The van der Waals surface area contributed by atoms with E-state index in [1.54, 1.807) is 20.2 Å². The van der Waals surface area contributed by atoms with Crippen LogP contribution in [-0.4, -0.2) is 18.0 Å². The highest BCUT2D eigenvalue weighted by Gasteiger charge is 2.02. The van der Waals surface area contributed by atoms with Gasteiger partial charge < -0.3 is 9.64 Å². The molecule has 0 radical (unpaired) electrons. The summed E-state index contributed by atoms with van der Waals surface area (Å²) < 4.78 is 4.88. The number of nitrogens with zero attached hydrogens (tertiary/aromatic N) is 1. The first-order valence-corrected chi connectivity index (χ1v) is 3.20. The van der Waals surface area contributed by atoms with Crippen molar-refractivity contribution >= 4 is 20.2 Å². The van der Waals surface area contributed by atoms with E-state index in [0.29, 0.717) is 6.01 Å². The highest BCUT2D eigenvalue weighted by atomic mass is 16.4. The third-order valence-corrected chi connectivity index (χ3v) is 1.33. The van der Waals surface area contributed by atoms with E-state index in [-0.39, 0.29) is 0 Å². The molecule has 0 unspecified atom stereocenters. The van der Waals surface area contributed by atoms with E-state index in [0.717, 1.165) is 11.4 Å². The van der Waals surface area contributed by atoms with Crippen molar-refractivity contribution in [2.24, 2.45) is 0 Å². The van der Waals surface area contributed by atoms with E-state index < -0.39 is 0 Å². The van der Waals surface area contributed by atoms with E-state index in [9.17, 15) is 0 Å². The Morgan fingerprint density at radius 1 is 1.45 bits per heavy atom. The zero-order valence-corrected chi connectivity index (χ0v) is 6.42. The van der Waals surface area contributed by atoms with Crippen LogP contribution in [0.25, 0.3) is 12.2 Å². The molecule has 0 saturated heterocycles. The van der Waals surface area contributed by atoms with Crippen LogP contribution in [-0.2, 0) is 0 Å². The quantitative estimate of drug-likeness (QED) is 0.638. The standard InChI is InChI=1S/C7H9BN2O/c1-3-5-6(4-2)10-7(9-5)11-8/h3-4H,1-2,8H2,(H,9,10). The lowest BCUT2D eigenvalue weighted by atomic mass is 10.3. The molecule has 56 valence electrons. The Labute approximate surface area is 66.2 Å². The van der Waals surface area contributed by atoms with Crippen molar-refractivity contribution in [2.45, 2.75) is 0 Å². The fraction of sp³-hybridized carbons (Fsp3) is 0. The number of rotatable bonds is 3. The Balaban J connectivity index is 3.11. The molecule has 11 heavy (non-hydrogen) atoms. The van der Waals surface area contributed by atoms with E-state index in [4.69, 9.17) is 4.65 Å². The molecule has 1 aromatic heterocycles. The monoisotopic (exact) mass is 148 g/mol. The van der Waals surface area contributed by atoms with Crippen LogP contribution in [0.4, 0.5) is 0 Å². The molecule has 0 aromatic carbocycles.